The van der Waals surface area contributed by atoms with Crippen molar-refractivity contribution < 1.29 is 4.52 Å². The van der Waals surface area contributed by atoms with Gasteiger partial charge in [0, 0.05) is 24.7 Å². The van der Waals surface area contributed by atoms with Gasteiger partial charge < -0.3 is 14.3 Å². The van der Waals surface area contributed by atoms with Crippen LogP contribution in [0.5, 0.6) is 0 Å². The van der Waals surface area contributed by atoms with Gasteiger partial charge in [0.05, 0.1) is 0 Å². The zero-order valence-electron chi connectivity index (χ0n) is 17.2. The predicted octanol–water partition coefficient (Wildman–Crippen LogP) is 5.27. The Morgan fingerprint density at radius 2 is 1.59 bits per heavy atom. The summed E-state index contributed by atoms with van der Waals surface area (Å²) in [6, 6.07) is 23.0. The Hall–Kier alpha value is -2.59. The van der Waals surface area contributed by atoms with Crippen molar-refractivity contribution in [3.05, 3.63) is 72.3 Å². The summed E-state index contributed by atoms with van der Waals surface area (Å²) in [6.45, 7) is 5.61. The number of rotatable bonds is 9. The molecule has 1 aromatic heterocycles. The molecule has 4 nitrogen and oxygen atoms in total. The minimum absolute atomic E-state index is 0.874. The molecule has 0 atom stereocenters. The number of aromatic nitrogens is 1. The highest BCUT2D eigenvalue weighted by atomic mass is 16.5. The van der Waals surface area contributed by atoms with Crippen LogP contribution < -0.4 is 4.90 Å². The van der Waals surface area contributed by atoms with Crippen LogP contribution in [0.1, 0.15) is 31.2 Å². The van der Waals surface area contributed by atoms with Gasteiger partial charge in [0.1, 0.15) is 5.69 Å². The van der Waals surface area contributed by atoms with Gasteiger partial charge in [-0.2, -0.15) is 0 Å². The van der Waals surface area contributed by atoms with Crippen LogP contribution in [0.15, 0.2) is 71.3 Å². The van der Waals surface area contributed by atoms with E-state index in [1.165, 1.54) is 44.5 Å². The minimum atomic E-state index is 0.874. The van der Waals surface area contributed by atoms with Gasteiger partial charge in [-0.3, -0.25) is 0 Å². The van der Waals surface area contributed by atoms with Gasteiger partial charge >= 0.3 is 0 Å². The van der Waals surface area contributed by atoms with E-state index in [1.807, 2.05) is 18.2 Å². The van der Waals surface area contributed by atoms with Crippen LogP contribution in [0.4, 0.5) is 5.88 Å². The molecular formula is C25H31N3O. The van der Waals surface area contributed by atoms with Gasteiger partial charge in [-0.1, -0.05) is 72.2 Å². The lowest BCUT2D eigenvalue weighted by Crippen LogP contribution is -2.34. The Morgan fingerprint density at radius 3 is 2.34 bits per heavy atom. The molecule has 4 heteroatoms. The van der Waals surface area contributed by atoms with Crippen LogP contribution in [-0.2, 0) is 6.42 Å². The standard InChI is InChI=1S/C25H31N3O/c1-4-11-22(12-5-1)15-20-28(19-10-18-27-16-8-3-9-17-27)25-21-24(26-29-25)23-13-6-2-7-14-23/h1-2,4-7,11-14,21H,3,8-10,15-20H2. The summed E-state index contributed by atoms with van der Waals surface area (Å²) in [5.41, 5.74) is 3.36. The maximum atomic E-state index is 5.77. The molecule has 0 bridgehead atoms. The second-order valence-electron chi connectivity index (χ2n) is 7.89. The van der Waals surface area contributed by atoms with Gasteiger partial charge in [0.25, 0.3) is 0 Å². The van der Waals surface area contributed by atoms with Crippen molar-refractivity contribution in [2.75, 3.05) is 37.6 Å². The SMILES string of the molecule is c1ccc(CCN(CCCN2CCCCC2)c2cc(-c3ccccc3)no2)cc1. The summed E-state index contributed by atoms with van der Waals surface area (Å²) >= 11 is 0. The zero-order valence-corrected chi connectivity index (χ0v) is 17.2. The molecule has 1 fully saturated rings. The van der Waals surface area contributed by atoms with Crippen LogP contribution in [0, 0.1) is 0 Å². The first kappa shape index (κ1) is 19.7. The van der Waals surface area contributed by atoms with E-state index in [4.69, 9.17) is 4.52 Å². The molecule has 0 N–H and O–H groups in total. The van der Waals surface area contributed by atoms with Crippen molar-refractivity contribution in [1.82, 2.24) is 10.1 Å². The number of hydrogen-bond donors (Lipinski definition) is 0. The Bertz CT molecular complexity index is 841. The Balaban J connectivity index is 1.41. The molecule has 0 aliphatic carbocycles. The van der Waals surface area contributed by atoms with Crippen molar-refractivity contribution in [2.24, 2.45) is 0 Å². The van der Waals surface area contributed by atoms with E-state index in [-0.39, 0.29) is 0 Å². The second kappa shape index (κ2) is 10.3. The highest BCUT2D eigenvalue weighted by Gasteiger charge is 2.15. The molecule has 3 aromatic rings. The number of likely N-dealkylation sites (tertiary alicyclic amines) is 1. The summed E-state index contributed by atoms with van der Waals surface area (Å²) in [5.74, 6) is 0.874. The quantitative estimate of drug-likeness (QED) is 0.499. The van der Waals surface area contributed by atoms with Gasteiger partial charge in [0.2, 0.25) is 5.88 Å². The Labute approximate surface area is 174 Å². The number of benzene rings is 2. The van der Waals surface area contributed by atoms with E-state index in [2.05, 4.69) is 63.5 Å². The molecule has 2 heterocycles. The molecule has 0 amide bonds. The first-order chi connectivity index (χ1) is 14.4. The fourth-order valence-corrected chi connectivity index (χ4v) is 4.07. The predicted molar refractivity (Wildman–Crippen MR) is 119 cm³/mol. The highest BCUT2D eigenvalue weighted by Crippen LogP contribution is 2.24. The summed E-state index contributed by atoms with van der Waals surface area (Å²) in [7, 11) is 0. The molecule has 4 rings (SSSR count). The topological polar surface area (TPSA) is 32.5 Å². The lowest BCUT2D eigenvalue weighted by molar-refractivity contribution is 0.226. The zero-order chi connectivity index (χ0) is 19.7. The van der Waals surface area contributed by atoms with Gasteiger partial charge in [-0.15, -0.1) is 0 Å². The number of anilines is 1. The molecule has 0 unspecified atom stereocenters. The molecule has 1 aliphatic heterocycles. The molecule has 2 aromatic carbocycles. The summed E-state index contributed by atoms with van der Waals surface area (Å²) in [4.78, 5) is 4.96. The summed E-state index contributed by atoms with van der Waals surface area (Å²) in [5, 5.41) is 4.33. The van der Waals surface area contributed by atoms with Crippen LogP contribution in [-0.4, -0.2) is 42.8 Å². The van der Waals surface area contributed by atoms with Gasteiger partial charge in [-0.05, 0) is 50.9 Å². The number of nitrogens with zero attached hydrogens (tertiary/aromatic N) is 3. The van der Waals surface area contributed by atoms with E-state index < -0.39 is 0 Å². The van der Waals surface area contributed by atoms with E-state index in [9.17, 15) is 0 Å². The Morgan fingerprint density at radius 1 is 0.862 bits per heavy atom. The Kier molecular flexibility index (Phi) is 6.98. The number of hydrogen-bond acceptors (Lipinski definition) is 4. The summed E-state index contributed by atoms with van der Waals surface area (Å²) in [6.07, 6.45) is 6.24. The monoisotopic (exact) mass is 389 g/mol. The van der Waals surface area contributed by atoms with Crippen LogP contribution in [0.25, 0.3) is 11.3 Å². The highest BCUT2D eigenvalue weighted by molar-refractivity contribution is 5.61. The largest absolute Gasteiger partial charge is 0.340 e. The van der Waals surface area contributed by atoms with Crippen molar-refractivity contribution >= 4 is 5.88 Å². The van der Waals surface area contributed by atoms with Gasteiger partial charge in [-0.25, -0.2) is 0 Å². The average molecular weight is 390 g/mol. The normalized spacial score (nSPS) is 14.8. The second-order valence-corrected chi connectivity index (χ2v) is 7.89. The summed E-state index contributed by atoms with van der Waals surface area (Å²) < 4.78 is 5.77. The smallest absolute Gasteiger partial charge is 0.227 e. The lowest BCUT2D eigenvalue weighted by Gasteiger charge is -2.28. The average Bonchev–Trinajstić information content (AvgIpc) is 3.28. The van der Waals surface area contributed by atoms with Crippen LogP contribution >= 0.6 is 0 Å². The van der Waals surface area contributed by atoms with Crippen molar-refractivity contribution in [3.63, 3.8) is 0 Å². The van der Waals surface area contributed by atoms with E-state index in [0.29, 0.717) is 0 Å². The van der Waals surface area contributed by atoms with Crippen molar-refractivity contribution in [3.8, 4) is 11.3 Å². The fourth-order valence-electron chi connectivity index (χ4n) is 4.07. The molecule has 1 saturated heterocycles. The third-order valence-corrected chi connectivity index (χ3v) is 5.74. The maximum absolute atomic E-state index is 5.77. The molecular weight excluding hydrogens is 358 g/mol. The molecule has 29 heavy (non-hydrogen) atoms. The first-order valence-electron chi connectivity index (χ1n) is 10.9. The molecule has 1 aliphatic rings. The van der Waals surface area contributed by atoms with Crippen LogP contribution in [0.2, 0.25) is 0 Å². The third-order valence-electron chi connectivity index (χ3n) is 5.74. The van der Waals surface area contributed by atoms with E-state index in [1.54, 1.807) is 0 Å². The molecule has 152 valence electrons. The fraction of sp³-hybridized carbons (Fsp3) is 0.400. The lowest BCUT2D eigenvalue weighted by atomic mass is 10.1. The first-order valence-corrected chi connectivity index (χ1v) is 10.9. The van der Waals surface area contributed by atoms with Crippen LogP contribution in [0.3, 0.4) is 0 Å². The van der Waals surface area contributed by atoms with Crippen molar-refractivity contribution in [1.29, 1.82) is 0 Å². The van der Waals surface area contributed by atoms with E-state index in [0.717, 1.165) is 43.1 Å². The molecule has 0 radical (unpaired) electrons. The van der Waals surface area contributed by atoms with Gasteiger partial charge in [0.15, 0.2) is 0 Å². The van der Waals surface area contributed by atoms with E-state index >= 15 is 0 Å². The number of piperidine rings is 1. The third kappa shape index (κ3) is 5.70. The molecule has 0 spiro atoms. The van der Waals surface area contributed by atoms with Crippen molar-refractivity contribution in [2.45, 2.75) is 32.1 Å². The minimum Gasteiger partial charge on any atom is -0.340 e. The molecule has 0 saturated carbocycles. The maximum Gasteiger partial charge on any atom is 0.227 e.